The molecule has 0 fully saturated rings. The number of nitrogens with zero attached hydrogens (tertiary/aromatic N) is 4. The SMILES string of the molecule is Cc1cc(Cl)ccc1Nc1nncc(NCc2cccnc2)n1. The van der Waals surface area contributed by atoms with E-state index in [1.54, 1.807) is 18.6 Å². The van der Waals surface area contributed by atoms with Crippen LogP contribution < -0.4 is 10.6 Å². The van der Waals surface area contributed by atoms with Gasteiger partial charge in [0.25, 0.3) is 0 Å². The highest BCUT2D eigenvalue weighted by Gasteiger charge is 2.04. The molecule has 0 saturated carbocycles. The number of aryl methyl sites for hydroxylation is 1. The Morgan fingerprint density at radius 3 is 2.87 bits per heavy atom. The fraction of sp³-hybridized carbons (Fsp3) is 0.125. The van der Waals surface area contributed by atoms with Gasteiger partial charge in [0.15, 0.2) is 5.82 Å². The van der Waals surface area contributed by atoms with E-state index < -0.39 is 0 Å². The van der Waals surface area contributed by atoms with Crippen LogP contribution in [0.25, 0.3) is 0 Å². The third-order valence-electron chi connectivity index (χ3n) is 3.19. The minimum Gasteiger partial charge on any atom is -0.364 e. The smallest absolute Gasteiger partial charge is 0.249 e. The zero-order chi connectivity index (χ0) is 16.1. The van der Waals surface area contributed by atoms with Crippen LogP contribution in [0.2, 0.25) is 5.02 Å². The maximum absolute atomic E-state index is 5.96. The molecule has 7 heteroatoms. The molecule has 0 spiro atoms. The predicted molar refractivity (Wildman–Crippen MR) is 90.9 cm³/mol. The van der Waals surface area contributed by atoms with E-state index in [0.717, 1.165) is 16.8 Å². The second kappa shape index (κ2) is 7.02. The van der Waals surface area contributed by atoms with Crippen LogP contribution in [-0.4, -0.2) is 20.2 Å². The average molecular weight is 327 g/mol. The summed E-state index contributed by atoms with van der Waals surface area (Å²) in [6.45, 7) is 2.58. The van der Waals surface area contributed by atoms with Crippen LogP contribution in [0.1, 0.15) is 11.1 Å². The molecule has 2 aromatic heterocycles. The second-order valence-corrected chi connectivity index (χ2v) is 5.40. The van der Waals surface area contributed by atoms with Crippen molar-refractivity contribution in [3.63, 3.8) is 0 Å². The molecule has 6 nitrogen and oxygen atoms in total. The highest BCUT2D eigenvalue weighted by molar-refractivity contribution is 6.30. The molecule has 0 aliphatic rings. The summed E-state index contributed by atoms with van der Waals surface area (Å²) in [6.07, 6.45) is 5.13. The van der Waals surface area contributed by atoms with E-state index in [2.05, 4.69) is 30.8 Å². The van der Waals surface area contributed by atoms with Crippen LogP contribution in [0.5, 0.6) is 0 Å². The molecule has 0 bridgehead atoms. The molecule has 1 aromatic carbocycles. The van der Waals surface area contributed by atoms with E-state index in [9.17, 15) is 0 Å². The van der Waals surface area contributed by atoms with Crippen molar-refractivity contribution in [3.05, 3.63) is 65.1 Å². The lowest BCUT2D eigenvalue weighted by Crippen LogP contribution is -2.06. The zero-order valence-electron chi connectivity index (χ0n) is 12.5. The molecule has 0 unspecified atom stereocenters. The highest BCUT2D eigenvalue weighted by atomic mass is 35.5. The summed E-state index contributed by atoms with van der Waals surface area (Å²) in [5.41, 5.74) is 2.96. The quantitative estimate of drug-likeness (QED) is 0.746. The van der Waals surface area contributed by atoms with Crippen LogP contribution in [0, 0.1) is 6.92 Å². The van der Waals surface area contributed by atoms with Crippen molar-refractivity contribution in [2.75, 3.05) is 10.6 Å². The van der Waals surface area contributed by atoms with Gasteiger partial charge in [-0.2, -0.15) is 10.1 Å². The van der Waals surface area contributed by atoms with Gasteiger partial charge in [-0.05, 0) is 42.3 Å². The van der Waals surface area contributed by atoms with Crippen LogP contribution >= 0.6 is 11.6 Å². The topological polar surface area (TPSA) is 75.6 Å². The molecule has 116 valence electrons. The number of aromatic nitrogens is 4. The van der Waals surface area contributed by atoms with Gasteiger partial charge in [-0.15, -0.1) is 5.10 Å². The molecule has 2 heterocycles. The maximum Gasteiger partial charge on any atom is 0.249 e. The van der Waals surface area contributed by atoms with Gasteiger partial charge in [-0.25, -0.2) is 0 Å². The minimum absolute atomic E-state index is 0.423. The summed E-state index contributed by atoms with van der Waals surface area (Å²) in [5, 5.41) is 15.0. The number of hydrogen-bond acceptors (Lipinski definition) is 6. The maximum atomic E-state index is 5.96. The molecule has 3 rings (SSSR count). The van der Waals surface area contributed by atoms with Crippen LogP contribution in [0.4, 0.5) is 17.5 Å². The Morgan fingerprint density at radius 1 is 1.17 bits per heavy atom. The summed E-state index contributed by atoms with van der Waals surface area (Å²) >= 11 is 5.96. The van der Waals surface area contributed by atoms with Gasteiger partial charge in [0.1, 0.15) is 0 Å². The molecule has 2 N–H and O–H groups in total. The van der Waals surface area contributed by atoms with Crippen molar-refractivity contribution in [3.8, 4) is 0 Å². The number of nitrogens with one attached hydrogen (secondary N) is 2. The third kappa shape index (κ3) is 4.14. The Bertz CT molecular complexity index is 794. The molecule has 0 aliphatic carbocycles. The van der Waals surface area contributed by atoms with Crippen LogP contribution in [0.3, 0.4) is 0 Å². The Labute approximate surface area is 139 Å². The van der Waals surface area contributed by atoms with E-state index in [-0.39, 0.29) is 0 Å². The normalized spacial score (nSPS) is 10.3. The number of anilines is 3. The Morgan fingerprint density at radius 2 is 2.09 bits per heavy atom. The van der Waals surface area contributed by atoms with E-state index in [1.807, 2.05) is 37.3 Å². The number of benzene rings is 1. The number of rotatable bonds is 5. The molecule has 0 atom stereocenters. The fourth-order valence-corrected chi connectivity index (χ4v) is 2.25. The second-order valence-electron chi connectivity index (χ2n) is 4.96. The molecular formula is C16H15ClN6. The van der Waals surface area contributed by atoms with Crippen molar-refractivity contribution in [1.82, 2.24) is 20.2 Å². The van der Waals surface area contributed by atoms with Gasteiger partial charge >= 0.3 is 0 Å². The predicted octanol–water partition coefficient (Wildman–Crippen LogP) is 3.58. The summed E-state index contributed by atoms with van der Waals surface area (Å²) in [5.74, 6) is 1.06. The first-order valence-electron chi connectivity index (χ1n) is 7.06. The Balaban J connectivity index is 1.69. The first-order valence-corrected chi connectivity index (χ1v) is 7.44. The van der Waals surface area contributed by atoms with Gasteiger partial charge in [-0.1, -0.05) is 17.7 Å². The molecule has 0 amide bonds. The number of hydrogen-bond donors (Lipinski definition) is 2. The largest absolute Gasteiger partial charge is 0.364 e. The van der Waals surface area contributed by atoms with Crippen molar-refractivity contribution >= 4 is 29.1 Å². The van der Waals surface area contributed by atoms with E-state index in [4.69, 9.17) is 11.6 Å². The van der Waals surface area contributed by atoms with Crippen LogP contribution in [-0.2, 0) is 6.54 Å². The summed E-state index contributed by atoms with van der Waals surface area (Å²) < 4.78 is 0. The number of pyridine rings is 1. The first kappa shape index (κ1) is 15.2. The van der Waals surface area contributed by atoms with Gasteiger partial charge in [-0.3, -0.25) is 4.98 Å². The Hall–Kier alpha value is -2.73. The molecule has 0 radical (unpaired) electrons. The average Bonchev–Trinajstić information content (AvgIpc) is 2.57. The van der Waals surface area contributed by atoms with Crippen molar-refractivity contribution in [1.29, 1.82) is 0 Å². The zero-order valence-corrected chi connectivity index (χ0v) is 13.2. The van der Waals surface area contributed by atoms with E-state index in [1.165, 1.54) is 0 Å². The van der Waals surface area contributed by atoms with Crippen LogP contribution in [0.15, 0.2) is 48.9 Å². The van der Waals surface area contributed by atoms with Crippen molar-refractivity contribution in [2.24, 2.45) is 0 Å². The summed E-state index contributed by atoms with van der Waals surface area (Å²) in [6, 6.07) is 9.46. The lowest BCUT2D eigenvalue weighted by Gasteiger charge is -2.09. The van der Waals surface area contributed by atoms with Gasteiger partial charge < -0.3 is 10.6 Å². The lowest BCUT2D eigenvalue weighted by atomic mass is 10.2. The summed E-state index contributed by atoms with van der Waals surface area (Å²) in [4.78, 5) is 8.47. The molecular weight excluding hydrogens is 312 g/mol. The standard InChI is InChI=1S/C16H15ClN6/c1-11-7-13(17)4-5-14(11)21-16-22-15(10-20-23-16)19-9-12-3-2-6-18-8-12/h2-8,10H,9H2,1H3,(H2,19,21,22,23). The van der Waals surface area contributed by atoms with Crippen molar-refractivity contribution in [2.45, 2.75) is 13.5 Å². The van der Waals surface area contributed by atoms with Gasteiger partial charge in [0.05, 0.1) is 6.20 Å². The first-order chi connectivity index (χ1) is 11.2. The summed E-state index contributed by atoms with van der Waals surface area (Å²) in [7, 11) is 0. The minimum atomic E-state index is 0.423. The molecule has 0 saturated heterocycles. The number of halogens is 1. The van der Waals surface area contributed by atoms with Gasteiger partial charge in [0.2, 0.25) is 5.95 Å². The monoisotopic (exact) mass is 326 g/mol. The third-order valence-corrected chi connectivity index (χ3v) is 3.43. The fourth-order valence-electron chi connectivity index (χ4n) is 2.02. The van der Waals surface area contributed by atoms with Crippen molar-refractivity contribution < 1.29 is 0 Å². The van der Waals surface area contributed by atoms with Gasteiger partial charge in [0, 0.05) is 29.6 Å². The molecule has 0 aliphatic heterocycles. The van der Waals surface area contributed by atoms with E-state index in [0.29, 0.717) is 23.3 Å². The molecule has 3 aromatic rings. The van der Waals surface area contributed by atoms with E-state index >= 15 is 0 Å². The lowest BCUT2D eigenvalue weighted by molar-refractivity contribution is 0.964. The molecule has 23 heavy (non-hydrogen) atoms. The Kier molecular flexibility index (Phi) is 4.63. The highest BCUT2D eigenvalue weighted by Crippen LogP contribution is 2.22.